The number of rotatable bonds is 3. The van der Waals surface area contributed by atoms with Gasteiger partial charge in [-0.1, -0.05) is 23.7 Å². The number of tetrazole rings is 1. The minimum atomic E-state index is 0.0471. The summed E-state index contributed by atoms with van der Waals surface area (Å²) in [5.41, 5.74) is 6.64. The number of halogens is 1. The van der Waals surface area contributed by atoms with Crippen LogP contribution in [0.15, 0.2) is 24.3 Å². The van der Waals surface area contributed by atoms with Gasteiger partial charge in [0.05, 0.1) is 12.6 Å². The molecule has 1 atom stereocenters. The highest BCUT2D eigenvalue weighted by molar-refractivity contribution is 6.30. The Bertz CT molecular complexity index is 464. The van der Waals surface area contributed by atoms with Gasteiger partial charge in [0.2, 0.25) is 0 Å². The molecule has 0 radical (unpaired) electrons. The minimum Gasteiger partial charge on any atom is -0.324 e. The fraction of sp³-hybridized carbons (Fsp3) is 0.300. The summed E-state index contributed by atoms with van der Waals surface area (Å²) < 4.78 is 1.71. The van der Waals surface area contributed by atoms with Crippen LogP contribution in [-0.4, -0.2) is 20.2 Å². The first-order valence-corrected chi connectivity index (χ1v) is 5.32. The van der Waals surface area contributed by atoms with E-state index in [0.29, 0.717) is 17.4 Å². The fourth-order valence-corrected chi connectivity index (χ4v) is 1.66. The van der Waals surface area contributed by atoms with Gasteiger partial charge in [-0.05, 0) is 35.0 Å². The van der Waals surface area contributed by atoms with Crippen molar-refractivity contribution in [2.24, 2.45) is 5.73 Å². The molecule has 0 saturated heterocycles. The van der Waals surface area contributed by atoms with E-state index >= 15 is 0 Å². The molecular weight excluding hydrogens is 226 g/mol. The molecule has 0 aliphatic carbocycles. The largest absolute Gasteiger partial charge is 0.324 e. The highest BCUT2D eigenvalue weighted by Gasteiger charge is 2.13. The molecule has 5 nitrogen and oxygen atoms in total. The van der Waals surface area contributed by atoms with E-state index in [-0.39, 0.29) is 6.04 Å². The predicted molar refractivity (Wildman–Crippen MR) is 61.0 cm³/mol. The van der Waals surface area contributed by atoms with Crippen LogP contribution in [0.2, 0.25) is 5.02 Å². The number of benzene rings is 1. The van der Waals surface area contributed by atoms with E-state index in [1.807, 2.05) is 31.2 Å². The Morgan fingerprint density at radius 2 is 2.06 bits per heavy atom. The summed E-state index contributed by atoms with van der Waals surface area (Å²) in [5, 5.41) is 12.1. The molecule has 2 rings (SSSR count). The van der Waals surface area contributed by atoms with E-state index in [1.54, 1.807) is 4.68 Å². The number of hydrogen-bond acceptors (Lipinski definition) is 4. The van der Waals surface area contributed by atoms with Crippen molar-refractivity contribution in [3.05, 3.63) is 40.7 Å². The van der Waals surface area contributed by atoms with Crippen molar-refractivity contribution >= 4 is 11.6 Å². The molecule has 2 N–H and O–H groups in total. The standard InChI is InChI=1S/C10H12ClN5/c1-7(8-2-4-9(11)5-3-8)16-10(6-12)13-14-15-16/h2-5,7H,6,12H2,1H3. The topological polar surface area (TPSA) is 69.6 Å². The molecule has 6 heteroatoms. The van der Waals surface area contributed by atoms with E-state index in [4.69, 9.17) is 17.3 Å². The van der Waals surface area contributed by atoms with E-state index in [0.717, 1.165) is 5.56 Å². The van der Waals surface area contributed by atoms with Crippen molar-refractivity contribution in [1.29, 1.82) is 0 Å². The Morgan fingerprint density at radius 3 is 2.69 bits per heavy atom. The third kappa shape index (κ3) is 2.05. The highest BCUT2D eigenvalue weighted by atomic mass is 35.5. The SMILES string of the molecule is CC(c1ccc(Cl)cc1)n1nnnc1CN. The third-order valence-corrected chi connectivity index (χ3v) is 2.71. The van der Waals surface area contributed by atoms with Crippen LogP contribution in [0.25, 0.3) is 0 Å². The van der Waals surface area contributed by atoms with Gasteiger partial charge in [0.1, 0.15) is 0 Å². The first kappa shape index (κ1) is 11.0. The Labute approximate surface area is 98.2 Å². The highest BCUT2D eigenvalue weighted by Crippen LogP contribution is 2.19. The fourth-order valence-electron chi connectivity index (χ4n) is 1.53. The van der Waals surface area contributed by atoms with E-state index < -0.39 is 0 Å². The summed E-state index contributed by atoms with van der Waals surface area (Å²) in [5.74, 6) is 0.669. The molecule has 0 bridgehead atoms. The van der Waals surface area contributed by atoms with Gasteiger partial charge in [0, 0.05) is 5.02 Å². The van der Waals surface area contributed by atoms with Gasteiger partial charge in [0.25, 0.3) is 0 Å². The molecule has 1 aromatic carbocycles. The maximum absolute atomic E-state index is 5.83. The van der Waals surface area contributed by atoms with Gasteiger partial charge in [-0.15, -0.1) is 5.10 Å². The van der Waals surface area contributed by atoms with Crippen molar-refractivity contribution in [1.82, 2.24) is 20.2 Å². The lowest BCUT2D eigenvalue weighted by Crippen LogP contribution is -2.15. The van der Waals surface area contributed by atoms with Crippen LogP contribution in [0.4, 0.5) is 0 Å². The molecule has 16 heavy (non-hydrogen) atoms. The number of nitrogens with zero attached hydrogens (tertiary/aromatic N) is 4. The van der Waals surface area contributed by atoms with Crippen molar-refractivity contribution < 1.29 is 0 Å². The smallest absolute Gasteiger partial charge is 0.165 e. The molecule has 0 spiro atoms. The lowest BCUT2D eigenvalue weighted by atomic mass is 10.1. The second-order valence-corrected chi connectivity index (χ2v) is 3.91. The lowest BCUT2D eigenvalue weighted by Gasteiger charge is -2.13. The molecule has 2 aromatic rings. The zero-order valence-corrected chi connectivity index (χ0v) is 9.59. The summed E-state index contributed by atoms with van der Waals surface area (Å²) in [6, 6.07) is 7.65. The first-order valence-electron chi connectivity index (χ1n) is 4.94. The summed E-state index contributed by atoms with van der Waals surface area (Å²) in [7, 11) is 0. The molecule has 0 fully saturated rings. The van der Waals surface area contributed by atoms with Crippen LogP contribution in [0.1, 0.15) is 24.4 Å². The first-order chi connectivity index (χ1) is 7.72. The normalized spacial score (nSPS) is 12.7. The van der Waals surface area contributed by atoms with Crippen molar-refractivity contribution in [3.8, 4) is 0 Å². The van der Waals surface area contributed by atoms with Gasteiger partial charge >= 0.3 is 0 Å². The van der Waals surface area contributed by atoms with Crippen LogP contribution >= 0.6 is 11.6 Å². The molecular formula is C10H12ClN5. The minimum absolute atomic E-state index is 0.0471. The Hall–Kier alpha value is -1.46. The molecule has 0 amide bonds. The monoisotopic (exact) mass is 237 g/mol. The van der Waals surface area contributed by atoms with Gasteiger partial charge in [0.15, 0.2) is 5.82 Å². The van der Waals surface area contributed by atoms with Crippen molar-refractivity contribution in [2.45, 2.75) is 19.5 Å². The Morgan fingerprint density at radius 1 is 1.38 bits per heavy atom. The Balaban J connectivity index is 2.31. The van der Waals surface area contributed by atoms with Crippen LogP contribution in [0, 0.1) is 0 Å². The summed E-state index contributed by atoms with van der Waals surface area (Å²) in [6.07, 6.45) is 0. The molecule has 0 saturated carbocycles. The van der Waals surface area contributed by atoms with Crippen LogP contribution in [0.3, 0.4) is 0 Å². The van der Waals surface area contributed by atoms with Crippen LogP contribution in [-0.2, 0) is 6.54 Å². The predicted octanol–water partition coefficient (Wildman–Crippen LogP) is 1.39. The summed E-state index contributed by atoms with van der Waals surface area (Å²) in [6.45, 7) is 2.34. The van der Waals surface area contributed by atoms with Gasteiger partial charge < -0.3 is 5.73 Å². The van der Waals surface area contributed by atoms with Gasteiger partial charge in [-0.3, -0.25) is 0 Å². The molecule has 0 aliphatic heterocycles. The quantitative estimate of drug-likeness (QED) is 0.876. The van der Waals surface area contributed by atoms with E-state index in [9.17, 15) is 0 Å². The van der Waals surface area contributed by atoms with Gasteiger partial charge in [-0.25, -0.2) is 4.68 Å². The number of nitrogens with two attached hydrogens (primary N) is 1. The maximum Gasteiger partial charge on any atom is 0.165 e. The number of aromatic nitrogens is 4. The second kappa shape index (κ2) is 4.59. The van der Waals surface area contributed by atoms with Crippen LogP contribution < -0.4 is 5.73 Å². The lowest BCUT2D eigenvalue weighted by molar-refractivity contribution is 0.521. The maximum atomic E-state index is 5.83. The molecule has 1 aromatic heterocycles. The molecule has 0 aliphatic rings. The van der Waals surface area contributed by atoms with Gasteiger partial charge in [-0.2, -0.15) is 0 Å². The Kier molecular flexibility index (Phi) is 3.17. The third-order valence-electron chi connectivity index (χ3n) is 2.46. The molecule has 1 unspecified atom stereocenters. The zero-order valence-electron chi connectivity index (χ0n) is 8.84. The molecule has 84 valence electrons. The van der Waals surface area contributed by atoms with Crippen molar-refractivity contribution in [2.75, 3.05) is 0 Å². The van der Waals surface area contributed by atoms with Crippen molar-refractivity contribution in [3.63, 3.8) is 0 Å². The molecule has 1 heterocycles. The summed E-state index contributed by atoms with van der Waals surface area (Å²) in [4.78, 5) is 0. The van der Waals surface area contributed by atoms with E-state index in [1.165, 1.54) is 0 Å². The van der Waals surface area contributed by atoms with Crippen LogP contribution in [0.5, 0.6) is 0 Å². The van der Waals surface area contributed by atoms with E-state index in [2.05, 4.69) is 15.5 Å². The second-order valence-electron chi connectivity index (χ2n) is 3.47. The summed E-state index contributed by atoms with van der Waals surface area (Å²) >= 11 is 5.83. The number of hydrogen-bond donors (Lipinski definition) is 1. The average molecular weight is 238 g/mol. The zero-order chi connectivity index (χ0) is 11.5. The average Bonchev–Trinajstić information content (AvgIpc) is 2.77.